The summed E-state index contributed by atoms with van der Waals surface area (Å²) < 4.78 is 0. The van der Waals surface area contributed by atoms with Gasteiger partial charge in [0.05, 0.1) is 5.41 Å². The Kier molecular flexibility index (Phi) is 3.32. The Hall–Kier alpha value is -1.31. The molecule has 0 atom stereocenters. The van der Waals surface area contributed by atoms with Crippen LogP contribution in [0.2, 0.25) is 0 Å². The molecule has 4 bridgehead atoms. The molecule has 5 rings (SSSR count). The monoisotopic (exact) mass is 297 g/mol. The van der Waals surface area contributed by atoms with E-state index in [1.54, 1.807) is 0 Å². The molecule has 118 valence electrons. The standard InChI is InChI=1S/C20H27NO/c1-3-17-6-4-5-13(2)18(17)21-19(22)20-10-14-7-15(11-20)9-16(8-14)12-20/h4-6,14-16H,3,7-12H2,1-2H3,(H,21,22). The second kappa shape index (κ2) is 5.11. The fourth-order valence-electron chi connectivity index (χ4n) is 5.84. The molecular formula is C20H27NO. The maximum atomic E-state index is 13.2. The maximum Gasteiger partial charge on any atom is 0.230 e. The number of para-hydroxylation sites is 1. The summed E-state index contributed by atoms with van der Waals surface area (Å²) in [6, 6.07) is 6.34. The zero-order valence-electron chi connectivity index (χ0n) is 13.8. The van der Waals surface area contributed by atoms with E-state index in [0.717, 1.165) is 49.1 Å². The van der Waals surface area contributed by atoms with Crippen molar-refractivity contribution >= 4 is 11.6 Å². The van der Waals surface area contributed by atoms with Gasteiger partial charge in [-0.2, -0.15) is 0 Å². The van der Waals surface area contributed by atoms with E-state index in [1.165, 1.54) is 30.4 Å². The summed E-state index contributed by atoms with van der Waals surface area (Å²) in [7, 11) is 0. The third-order valence-corrected chi connectivity index (χ3v) is 6.50. The van der Waals surface area contributed by atoms with Crippen LogP contribution in [0.1, 0.15) is 56.6 Å². The highest BCUT2D eigenvalue weighted by Gasteiger charge is 2.54. The van der Waals surface area contributed by atoms with Gasteiger partial charge in [-0.25, -0.2) is 0 Å². The Balaban J connectivity index is 1.61. The number of hydrogen-bond donors (Lipinski definition) is 1. The molecule has 1 aromatic carbocycles. The number of carbonyl (C=O) groups is 1. The molecule has 4 aliphatic rings. The van der Waals surface area contributed by atoms with Crippen molar-refractivity contribution in [2.75, 3.05) is 5.32 Å². The topological polar surface area (TPSA) is 29.1 Å². The molecule has 0 saturated heterocycles. The normalized spacial score (nSPS) is 35.6. The summed E-state index contributed by atoms with van der Waals surface area (Å²) >= 11 is 0. The minimum Gasteiger partial charge on any atom is -0.325 e. The van der Waals surface area contributed by atoms with Crippen LogP contribution >= 0.6 is 0 Å². The Bertz CT molecular complexity index is 568. The zero-order valence-corrected chi connectivity index (χ0v) is 13.8. The lowest BCUT2D eigenvalue weighted by Gasteiger charge is -2.55. The average Bonchev–Trinajstić information content (AvgIpc) is 2.47. The molecule has 0 spiro atoms. The molecule has 0 aliphatic heterocycles. The summed E-state index contributed by atoms with van der Waals surface area (Å²) in [4.78, 5) is 13.2. The second-order valence-electron chi connectivity index (χ2n) is 8.11. The van der Waals surface area contributed by atoms with Crippen molar-refractivity contribution in [2.45, 2.75) is 58.8 Å². The van der Waals surface area contributed by atoms with Gasteiger partial charge in [0.2, 0.25) is 5.91 Å². The van der Waals surface area contributed by atoms with E-state index < -0.39 is 0 Å². The fraction of sp³-hybridized carbons (Fsp3) is 0.650. The van der Waals surface area contributed by atoms with Crippen molar-refractivity contribution in [1.82, 2.24) is 0 Å². The smallest absolute Gasteiger partial charge is 0.230 e. The van der Waals surface area contributed by atoms with Crippen molar-refractivity contribution in [3.63, 3.8) is 0 Å². The second-order valence-corrected chi connectivity index (χ2v) is 8.11. The number of benzene rings is 1. The first-order valence-electron chi connectivity index (χ1n) is 8.99. The van der Waals surface area contributed by atoms with Gasteiger partial charge >= 0.3 is 0 Å². The van der Waals surface area contributed by atoms with E-state index >= 15 is 0 Å². The molecule has 1 N–H and O–H groups in total. The van der Waals surface area contributed by atoms with Crippen molar-refractivity contribution in [3.8, 4) is 0 Å². The molecule has 1 amide bonds. The SMILES string of the molecule is CCc1cccc(C)c1NC(=O)C12CC3CC(CC(C3)C1)C2. The number of hydrogen-bond acceptors (Lipinski definition) is 1. The summed E-state index contributed by atoms with van der Waals surface area (Å²) in [5, 5.41) is 3.35. The molecule has 4 fully saturated rings. The van der Waals surface area contributed by atoms with Crippen molar-refractivity contribution in [2.24, 2.45) is 23.2 Å². The third kappa shape index (κ3) is 2.19. The third-order valence-electron chi connectivity index (χ3n) is 6.50. The summed E-state index contributed by atoms with van der Waals surface area (Å²) in [5.74, 6) is 2.77. The first-order chi connectivity index (χ1) is 10.6. The van der Waals surface area contributed by atoms with Crippen LogP contribution in [0.5, 0.6) is 0 Å². The minimum absolute atomic E-state index is 0.0535. The number of rotatable bonds is 3. The van der Waals surface area contributed by atoms with Gasteiger partial charge in [-0.3, -0.25) is 4.79 Å². The molecule has 0 heterocycles. The molecule has 1 aromatic rings. The fourth-order valence-corrected chi connectivity index (χ4v) is 5.84. The lowest BCUT2D eigenvalue weighted by atomic mass is 9.49. The van der Waals surface area contributed by atoms with Gasteiger partial charge in [0.25, 0.3) is 0 Å². The largest absolute Gasteiger partial charge is 0.325 e. The molecule has 2 heteroatoms. The van der Waals surface area contributed by atoms with Crippen LogP contribution in [-0.2, 0) is 11.2 Å². The van der Waals surface area contributed by atoms with E-state index in [9.17, 15) is 4.79 Å². The highest BCUT2D eigenvalue weighted by atomic mass is 16.2. The molecular weight excluding hydrogens is 270 g/mol. The molecule has 4 saturated carbocycles. The number of aryl methyl sites for hydroxylation is 2. The van der Waals surface area contributed by atoms with Gasteiger partial charge < -0.3 is 5.32 Å². The predicted octanol–water partition coefficient (Wildman–Crippen LogP) is 4.71. The Labute approximate surface area is 133 Å². The highest BCUT2D eigenvalue weighted by molar-refractivity contribution is 5.97. The number of amides is 1. The van der Waals surface area contributed by atoms with Crippen LogP contribution < -0.4 is 5.32 Å². The first kappa shape index (κ1) is 14.3. The predicted molar refractivity (Wildman–Crippen MR) is 89.8 cm³/mol. The van der Waals surface area contributed by atoms with Gasteiger partial charge in [-0.05, 0) is 80.8 Å². The van der Waals surface area contributed by atoms with Gasteiger partial charge in [0, 0.05) is 5.69 Å². The van der Waals surface area contributed by atoms with Crippen LogP contribution in [0.15, 0.2) is 18.2 Å². The molecule has 0 unspecified atom stereocenters. The van der Waals surface area contributed by atoms with Crippen molar-refractivity contribution in [3.05, 3.63) is 29.3 Å². The highest BCUT2D eigenvalue weighted by Crippen LogP contribution is 2.60. The van der Waals surface area contributed by atoms with Crippen LogP contribution in [0.4, 0.5) is 5.69 Å². The van der Waals surface area contributed by atoms with E-state index in [-0.39, 0.29) is 5.41 Å². The van der Waals surface area contributed by atoms with Crippen LogP contribution in [0, 0.1) is 30.1 Å². The number of anilines is 1. The van der Waals surface area contributed by atoms with Gasteiger partial charge in [0.15, 0.2) is 0 Å². The van der Waals surface area contributed by atoms with E-state index in [4.69, 9.17) is 0 Å². The van der Waals surface area contributed by atoms with Crippen LogP contribution in [0.3, 0.4) is 0 Å². The average molecular weight is 297 g/mol. The Morgan fingerprint density at radius 3 is 2.27 bits per heavy atom. The van der Waals surface area contributed by atoms with Crippen LogP contribution in [-0.4, -0.2) is 5.91 Å². The van der Waals surface area contributed by atoms with Gasteiger partial charge in [-0.15, -0.1) is 0 Å². The van der Waals surface area contributed by atoms with Crippen molar-refractivity contribution < 1.29 is 4.79 Å². The zero-order chi connectivity index (χ0) is 15.3. The number of nitrogens with one attached hydrogen (secondary N) is 1. The Morgan fingerprint density at radius 1 is 1.14 bits per heavy atom. The molecule has 22 heavy (non-hydrogen) atoms. The van der Waals surface area contributed by atoms with Gasteiger partial charge in [-0.1, -0.05) is 25.1 Å². The summed E-state index contributed by atoms with van der Waals surface area (Å²) in [5.41, 5.74) is 3.48. The van der Waals surface area contributed by atoms with E-state index in [2.05, 4.69) is 37.4 Å². The number of carbonyl (C=O) groups excluding carboxylic acids is 1. The van der Waals surface area contributed by atoms with E-state index in [0.29, 0.717) is 5.91 Å². The molecule has 0 aromatic heterocycles. The quantitative estimate of drug-likeness (QED) is 0.860. The lowest BCUT2D eigenvalue weighted by Crippen LogP contribution is -2.51. The summed E-state index contributed by atoms with van der Waals surface area (Å²) in [6.07, 6.45) is 8.54. The van der Waals surface area contributed by atoms with E-state index in [1.807, 2.05) is 0 Å². The maximum absolute atomic E-state index is 13.2. The molecule has 2 nitrogen and oxygen atoms in total. The van der Waals surface area contributed by atoms with Crippen LogP contribution in [0.25, 0.3) is 0 Å². The minimum atomic E-state index is -0.0535. The van der Waals surface area contributed by atoms with Gasteiger partial charge in [0.1, 0.15) is 0 Å². The molecule has 0 radical (unpaired) electrons. The first-order valence-corrected chi connectivity index (χ1v) is 8.99. The van der Waals surface area contributed by atoms with Crippen molar-refractivity contribution in [1.29, 1.82) is 0 Å². The molecule has 4 aliphatic carbocycles. The summed E-state index contributed by atoms with van der Waals surface area (Å²) in [6.45, 7) is 4.27. The Morgan fingerprint density at radius 2 is 1.73 bits per heavy atom. The lowest BCUT2D eigenvalue weighted by molar-refractivity contribution is -0.140.